The fraction of sp³-hybridized carbons (Fsp3) is 0.143. The van der Waals surface area contributed by atoms with Crippen molar-refractivity contribution in [2.24, 2.45) is 0 Å². The second-order valence-electron chi connectivity index (χ2n) is 2.20. The lowest BCUT2D eigenvalue weighted by Crippen LogP contribution is -2.01. The van der Waals surface area contributed by atoms with Crippen LogP contribution in [-0.2, 0) is 0 Å². The second kappa shape index (κ2) is 3.66. The fourth-order valence-electron chi connectivity index (χ4n) is 0.801. The summed E-state index contributed by atoms with van der Waals surface area (Å²) in [6, 6.07) is 3.00. The quantitative estimate of drug-likeness (QED) is 0.775. The van der Waals surface area contributed by atoms with Crippen LogP contribution in [0.4, 0.5) is 14.5 Å². The van der Waals surface area contributed by atoms with E-state index in [9.17, 15) is 8.78 Å². The molecule has 0 fully saturated rings. The molecular formula is C7H4BrF2N3. The Morgan fingerprint density at radius 2 is 2.23 bits per heavy atom. The molecule has 3 nitrogen and oxygen atoms in total. The highest BCUT2D eigenvalue weighted by molar-refractivity contribution is 9.10. The molecular weight excluding hydrogens is 244 g/mol. The molecule has 0 bridgehead atoms. The average Bonchev–Trinajstić information content (AvgIpc) is 2.08. The first-order chi connectivity index (χ1) is 6.06. The zero-order chi connectivity index (χ0) is 10.0. The molecule has 0 spiro atoms. The number of aromatic nitrogens is 1. The highest BCUT2D eigenvalue weighted by Gasteiger charge is 2.16. The lowest BCUT2D eigenvalue weighted by Gasteiger charge is -2.05. The molecule has 2 N–H and O–H groups in total. The lowest BCUT2D eigenvalue weighted by molar-refractivity contribution is 0.147. The highest BCUT2D eigenvalue weighted by atomic mass is 79.9. The Bertz CT molecular complexity index is 373. The van der Waals surface area contributed by atoms with Gasteiger partial charge in [0.1, 0.15) is 16.4 Å². The maximum absolute atomic E-state index is 12.3. The molecule has 0 aliphatic carbocycles. The van der Waals surface area contributed by atoms with Crippen molar-refractivity contribution in [1.29, 1.82) is 5.26 Å². The van der Waals surface area contributed by atoms with E-state index in [0.29, 0.717) is 0 Å². The molecule has 6 heteroatoms. The number of nitrogens with two attached hydrogens (primary N) is 1. The number of hydrogen-bond donors (Lipinski definition) is 1. The minimum absolute atomic E-state index is 0.00262. The first kappa shape index (κ1) is 9.86. The number of rotatable bonds is 1. The van der Waals surface area contributed by atoms with Crippen molar-refractivity contribution in [3.05, 3.63) is 21.9 Å². The van der Waals surface area contributed by atoms with Gasteiger partial charge in [-0.05, 0) is 22.0 Å². The van der Waals surface area contributed by atoms with Crippen LogP contribution in [-0.4, -0.2) is 4.98 Å². The summed E-state index contributed by atoms with van der Waals surface area (Å²) in [6.07, 6.45) is -2.77. The third kappa shape index (κ3) is 1.92. The molecule has 1 heterocycles. The van der Waals surface area contributed by atoms with Crippen LogP contribution in [0.3, 0.4) is 0 Å². The molecule has 1 rings (SSSR count). The molecule has 0 aliphatic rings. The van der Waals surface area contributed by atoms with E-state index in [1.165, 1.54) is 6.07 Å². The molecule has 1 aromatic heterocycles. The normalized spacial score (nSPS) is 10.1. The molecule has 0 atom stereocenters. The van der Waals surface area contributed by atoms with E-state index >= 15 is 0 Å². The summed E-state index contributed by atoms with van der Waals surface area (Å²) in [5.74, 6) is 0. The predicted molar refractivity (Wildman–Crippen MR) is 46.0 cm³/mol. The van der Waals surface area contributed by atoms with E-state index in [2.05, 4.69) is 20.9 Å². The molecule has 1 aromatic rings. The van der Waals surface area contributed by atoms with Crippen molar-refractivity contribution in [2.75, 3.05) is 5.73 Å². The minimum Gasteiger partial charge on any atom is -0.396 e. The van der Waals surface area contributed by atoms with Crippen LogP contribution in [0.25, 0.3) is 0 Å². The Labute approximate surface area is 81.3 Å². The van der Waals surface area contributed by atoms with Gasteiger partial charge >= 0.3 is 0 Å². The van der Waals surface area contributed by atoms with Crippen LogP contribution in [0.2, 0.25) is 0 Å². The second-order valence-corrected chi connectivity index (χ2v) is 3.02. The number of nitriles is 1. The molecule has 0 saturated carbocycles. The zero-order valence-electron chi connectivity index (χ0n) is 6.26. The summed E-state index contributed by atoms with van der Waals surface area (Å²) >= 11 is 2.91. The topological polar surface area (TPSA) is 62.7 Å². The van der Waals surface area contributed by atoms with E-state index in [1.807, 2.05) is 0 Å². The molecule has 0 saturated heterocycles. The van der Waals surface area contributed by atoms with Crippen molar-refractivity contribution in [3.63, 3.8) is 0 Å². The maximum Gasteiger partial charge on any atom is 0.282 e. The zero-order valence-corrected chi connectivity index (χ0v) is 7.85. The van der Waals surface area contributed by atoms with Gasteiger partial charge in [-0.15, -0.1) is 0 Å². The number of anilines is 1. The van der Waals surface area contributed by atoms with Crippen LogP contribution in [0.15, 0.2) is 10.7 Å². The molecule has 68 valence electrons. The summed E-state index contributed by atoms with van der Waals surface area (Å²) in [5, 5.41) is 8.53. The summed E-state index contributed by atoms with van der Waals surface area (Å²) < 4.78 is 24.7. The van der Waals surface area contributed by atoms with Gasteiger partial charge in [0.2, 0.25) is 0 Å². The van der Waals surface area contributed by atoms with Crippen molar-refractivity contribution >= 4 is 21.6 Å². The number of hydrogen-bond acceptors (Lipinski definition) is 3. The molecule has 0 radical (unpaired) electrons. The molecule has 0 aliphatic heterocycles. The van der Waals surface area contributed by atoms with Gasteiger partial charge in [0, 0.05) is 0 Å². The number of nitrogens with zero attached hydrogens (tertiary/aromatic N) is 2. The van der Waals surface area contributed by atoms with Crippen molar-refractivity contribution in [3.8, 4) is 6.07 Å². The molecule has 0 aromatic carbocycles. The van der Waals surface area contributed by atoms with Gasteiger partial charge in [-0.1, -0.05) is 0 Å². The van der Waals surface area contributed by atoms with Crippen LogP contribution >= 0.6 is 15.9 Å². The maximum atomic E-state index is 12.3. The summed E-state index contributed by atoms with van der Waals surface area (Å²) in [4.78, 5) is 3.47. The Hall–Kier alpha value is -1.22. The Morgan fingerprint density at radius 3 is 2.69 bits per heavy atom. The van der Waals surface area contributed by atoms with E-state index in [4.69, 9.17) is 11.0 Å². The molecule has 0 amide bonds. The van der Waals surface area contributed by atoms with E-state index in [0.717, 1.165) is 0 Å². The Balaban J connectivity index is 3.38. The molecule has 13 heavy (non-hydrogen) atoms. The number of pyridine rings is 1. The van der Waals surface area contributed by atoms with Gasteiger partial charge in [-0.3, -0.25) is 0 Å². The van der Waals surface area contributed by atoms with E-state index < -0.39 is 12.1 Å². The van der Waals surface area contributed by atoms with Gasteiger partial charge in [-0.25, -0.2) is 13.8 Å². The van der Waals surface area contributed by atoms with Gasteiger partial charge in [-0.2, -0.15) is 5.26 Å². The summed E-state index contributed by atoms with van der Waals surface area (Å²) in [7, 11) is 0. The first-order valence-electron chi connectivity index (χ1n) is 3.20. The largest absolute Gasteiger partial charge is 0.396 e. The van der Waals surface area contributed by atoms with E-state index in [1.54, 1.807) is 6.07 Å². The first-order valence-corrected chi connectivity index (χ1v) is 3.99. The van der Waals surface area contributed by atoms with Crippen molar-refractivity contribution < 1.29 is 8.78 Å². The predicted octanol–water partition coefficient (Wildman–Crippen LogP) is 2.24. The van der Waals surface area contributed by atoms with Crippen LogP contribution in [0.5, 0.6) is 0 Å². The van der Waals surface area contributed by atoms with Crippen LogP contribution in [0, 0.1) is 11.3 Å². The van der Waals surface area contributed by atoms with Crippen LogP contribution in [0.1, 0.15) is 17.7 Å². The van der Waals surface area contributed by atoms with Gasteiger partial charge < -0.3 is 5.73 Å². The van der Waals surface area contributed by atoms with Crippen molar-refractivity contribution in [1.82, 2.24) is 4.98 Å². The number of alkyl halides is 2. The molecule has 0 unspecified atom stereocenters. The fourth-order valence-corrected chi connectivity index (χ4v) is 1.22. The number of nitrogen functional groups attached to an aromatic ring is 1. The van der Waals surface area contributed by atoms with Gasteiger partial charge in [0.25, 0.3) is 6.43 Å². The van der Waals surface area contributed by atoms with Gasteiger partial charge in [0.05, 0.1) is 11.3 Å². The van der Waals surface area contributed by atoms with E-state index in [-0.39, 0.29) is 15.9 Å². The monoisotopic (exact) mass is 247 g/mol. The third-order valence-electron chi connectivity index (χ3n) is 1.38. The number of halogens is 3. The van der Waals surface area contributed by atoms with Crippen LogP contribution < -0.4 is 5.73 Å². The van der Waals surface area contributed by atoms with Gasteiger partial charge in [0.15, 0.2) is 0 Å². The average molecular weight is 248 g/mol. The Kier molecular flexibility index (Phi) is 2.78. The third-order valence-corrected chi connectivity index (χ3v) is 1.79. The highest BCUT2D eigenvalue weighted by Crippen LogP contribution is 2.27. The lowest BCUT2D eigenvalue weighted by atomic mass is 10.2. The smallest absolute Gasteiger partial charge is 0.282 e. The summed E-state index contributed by atoms with van der Waals surface area (Å²) in [5.41, 5.74) is 4.45. The van der Waals surface area contributed by atoms with Crippen molar-refractivity contribution in [2.45, 2.75) is 6.43 Å². The Morgan fingerprint density at radius 1 is 1.62 bits per heavy atom. The summed E-state index contributed by atoms with van der Waals surface area (Å²) in [6.45, 7) is 0. The minimum atomic E-state index is -2.77. The standard InChI is InChI=1S/C7H4BrF2N3/c8-4-1-3(2-11)5(12)6(13-4)7(9)10/h1,7H,12H2. The SMILES string of the molecule is N#Cc1cc(Br)nc(C(F)F)c1N.